The molecule has 3 aromatic rings. The lowest BCUT2D eigenvalue weighted by Crippen LogP contribution is -2.19. The highest BCUT2D eigenvalue weighted by atomic mass is 16.5. The Morgan fingerprint density at radius 3 is 2.45 bits per heavy atom. The maximum absolute atomic E-state index is 11.1. The molecular weight excluding hydrogens is 358 g/mol. The van der Waals surface area contributed by atoms with E-state index in [1.807, 2.05) is 61.5 Å². The van der Waals surface area contributed by atoms with Crippen molar-refractivity contribution < 1.29 is 9.84 Å². The number of hydrogen-bond acceptors (Lipinski definition) is 3. The molecule has 0 saturated carbocycles. The zero-order chi connectivity index (χ0) is 20.9. The van der Waals surface area contributed by atoms with Gasteiger partial charge in [-0.2, -0.15) is 0 Å². The van der Waals surface area contributed by atoms with Crippen LogP contribution in [-0.4, -0.2) is 17.9 Å². The number of benzene rings is 3. The number of phenolic OH excluding ortho intramolecular Hbond substituents is 1. The Labute approximate surface area is 173 Å². The van der Waals surface area contributed by atoms with Crippen LogP contribution in [0.5, 0.6) is 11.5 Å². The van der Waals surface area contributed by atoms with Gasteiger partial charge in [0.1, 0.15) is 23.8 Å². The Morgan fingerprint density at radius 1 is 1.03 bits per heavy atom. The molecule has 0 radical (unpaired) electrons. The molecule has 0 atom stereocenters. The van der Waals surface area contributed by atoms with Gasteiger partial charge in [0.15, 0.2) is 0 Å². The minimum atomic E-state index is -0.342. The molecule has 0 fully saturated rings. The smallest absolute Gasteiger partial charge is 0.145 e. The van der Waals surface area contributed by atoms with Gasteiger partial charge in [-0.1, -0.05) is 75.0 Å². The lowest BCUT2D eigenvalue weighted by atomic mass is 9.76. The van der Waals surface area contributed by atoms with Gasteiger partial charge in [0, 0.05) is 22.8 Å². The molecule has 3 aromatic carbocycles. The molecule has 1 N–H and O–H groups in total. The highest BCUT2D eigenvalue weighted by Crippen LogP contribution is 2.39. The third-order valence-electron chi connectivity index (χ3n) is 5.02. The molecule has 0 aliphatic carbocycles. The van der Waals surface area contributed by atoms with Crippen molar-refractivity contribution in [2.45, 2.75) is 26.2 Å². The van der Waals surface area contributed by atoms with Gasteiger partial charge in [0.25, 0.3) is 0 Å². The van der Waals surface area contributed by atoms with Crippen LogP contribution in [0, 0.1) is 6.92 Å². The van der Waals surface area contributed by atoms with Crippen molar-refractivity contribution in [3.05, 3.63) is 102 Å². The molecule has 0 spiro atoms. The summed E-state index contributed by atoms with van der Waals surface area (Å²) < 4.78 is 5.67. The van der Waals surface area contributed by atoms with Crippen molar-refractivity contribution in [1.29, 1.82) is 0 Å². The standard InChI is InChI=1S/C26H27NO2/c1-5-15-29-24-14-10-9-13-23(24)27-18-20-16-19(2)17-22(25(20)28)26(3,4)21-11-7-6-8-12-21/h5-14,16-18,28H,1,15H2,2-4H3. The lowest BCUT2D eigenvalue weighted by Gasteiger charge is -2.28. The molecule has 0 saturated heterocycles. The van der Waals surface area contributed by atoms with Crippen LogP contribution in [0.4, 0.5) is 5.69 Å². The maximum Gasteiger partial charge on any atom is 0.145 e. The summed E-state index contributed by atoms with van der Waals surface area (Å²) in [5, 5.41) is 11.1. The largest absolute Gasteiger partial charge is 0.507 e. The van der Waals surface area contributed by atoms with Gasteiger partial charge >= 0.3 is 0 Å². The summed E-state index contributed by atoms with van der Waals surface area (Å²) in [6, 6.07) is 21.8. The maximum atomic E-state index is 11.1. The van der Waals surface area contributed by atoms with Crippen LogP contribution >= 0.6 is 0 Å². The van der Waals surface area contributed by atoms with E-state index in [1.54, 1.807) is 12.3 Å². The highest BCUT2D eigenvalue weighted by Gasteiger charge is 2.27. The first kappa shape index (κ1) is 20.4. The topological polar surface area (TPSA) is 41.8 Å². The van der Waals surface area contributed by atoms with Crippen molar-refractivity contribution in [1.82, 2.24) is 0 Å². The van der Waals surface area contributed by atoms with E-state index >= 15 is 0 Å². The summed E-state index contributed by atoms with van der Waals surface area (Å²) in [6.07, 6.45) is 3.40. The molecule has 0 heterocycles. The second kappa shape index (κ2) is 8.78. The molecule has 0 unspecified atom stereocenters. The number of aromatic hydroxyl groups is 1. The van der Waals surface area contributed by atoms with E-state index < -0.39 is 0 Å². The Balaban J connectivity index is 2.01. The number of rotatable bonds is 7. The first-order valence-electron chi connectivity index (χ1n) is 9.70. The number of aryl methyl sites for hydroxylation is 1. The Kier molecular flexibility index (Phi) is 6.18. The fourth-order valence-corrected chi connectivity index (χ4v) is 3.37. The van der Waals surface area contributed by atoms with Crippen LogP contribution in [0.3, 0.4) is 0 Å². The summed E-state index contributed by atoms with van der Waals surface area (Å²) in [7, 11) is 0. The zero-order valence-corrected chi connectivity index (χ0v) is 17.2. The number of hydrogen-bond donors (Lipinski definition) is 1. The number of ether oxygens (including phenoxy) is 1. The number of nitrogens with zero attached hydrogens (tertiary/aromatic N) is 1. The van der Waals surface area contributed by atoms with Gasteiger partial charge < -0.3 is 9.84 Å². The quantitative estimate of drug-likeness (QED) is 0.381. The van der Waals surface area contributed by atoms with E-state index in [-0.39, 0.29) is 11.2 Å². The van der Waals surface area contributed by atoms with Crippen LogP contribution in [0.1, 0.15) is 36.1 Å². The molecular formula is C26H27NO2. The van der Waals surface area contributed by atoms with Crippen LogP contribution in [-0.2, 0) is 5.41 Å². The third kappa shape index (κ3) is 4.57. The highest BCUT2D eigenvalue weighted by molar-refractivity contribution is 5.87. The van der Waals surface area contributed by atoms with Crippen molar-refractivity contribution in [3.63, 3.8) is 0 Å². The molecule has 0 bridgehead atoms. The molecule has 29 heavy (non-hydrogen) atoms. The number of aliphatic imine (C=N–C) groups is 1. The van der Waals surface area contributed by atoms with Crippen LogP contribution in [0.15, 0.2) is 84.4 Å². The third-order valence-corrected chi connectivity index (χ3v) is 5.02. The van der Waals surface area contributed by atoms with Gasteiger partial charge in [-0.15, -0.1) is 0 Å². The van der Waals surface area contributed by atoms with E-state index in [1.165, 1.54) is 0 Å². The van der Waals surface area contributed by atoms with Gasteiger partial charge in [0.2, 0.25) is 0 Å². The van der Waals surface area contributed by atoms with Crippen LogP contribution in [0.2, 0.25) is 0 Å². The average Bonchev–Trinajstić information content (AvgIpc) is 2.73. The Hall–Kier alpha value is -3.33. The van der Waals surface area contributed by atoms with E-state index in [2.05, 4.69) is 37.6 Å². The monoisotopic (exact) mass is 385 g/mol. The fraction of sp³-hybridized carbons (Fsp3) is 0.192. The van der Waals surface area contributed by atoms with Crippen LogP contribution in [0.25, 0.3) is 0 Å². The normalized spacial score (nSPS) is 11.6. The predicted molar refractivity (Wildman–Crippen MR) is 121 cm³/mol. The molecule has 0 aliphatic rings. The molecule has 148 valence electrons. The van der Waals surface area contributed by atoms with Gasteiger partial charge in [-0.3, -0.25) is 4.99 Å². The predicted octanol–water partition coefficient (Wildman–Crippen LogP) is 6.34. The lowest BCUT2D eigenvalue weighted by molar-refractivity contribution is 0.364. The first-order valence-corrected chi connectivity index (χ1v) is 9.70. The molecule has 0 amide bonds. The molecule has 0 aliphatic heterocycles. The summed E-state index contributed by atoms with van der Waals surface area (Å²) >= 11 is 0. The van der Waals surface area contributed by atoms with E-state index in [4.69, 9.17) is 4.74 Å². The minimum Gasteiger partial charge on any atom is -0.507 e. The summed E-state index contributed by atoms with van der Waals surface area (Å²) in [6.45, 7) is 10.4. The molecule has 0 aromatic heterocycles. The zero-order valence-electron chi connectivity index (χ0n) is 17.2. The van der Waals surface area contributed by atoms with Gasteiger partial charge in [-0.25, -0.2) is 0 Å². The first-order chi connectivity index (χ1) is 13.9. The average molecular weight is 386 g/mol. The van der Waals surface area contributed by atoms with Crippen molar-refractivity contribution >= 4 is 11.9 Å². The Morgan fingerprint density at radius 2 is 1.72 bits per heavy atom. The SMILES string of the molecule is C=CCOc1ccccc1N=Cc1cc(C)cc(C(C)(C)c2ccccc2)c1O. The fourth-order valence-electron chi connectivity index (χ4n) is 3.37. The second-order valence-corrected chi connectivity index (χ2v) is 7.57. The van der Waals surface area contributed by atoms with Crippen molar-refractivity contribution in [2.75, 3.05) is 6.61 Å². The number of para-hydroxylation sites is 2. The van der Waals surface area contributed by atoms with E-state index in [9.17, 15) is 5.11 Å². The van der Waals surface area contributed by atoms with Crippen molar-refractivity contribution in [3.8, 4) is 11.5 Å². The van der Waals surface area contributed by atoms with Crippen LogP contribution < -0.4 is 4.74 Å². The molecule has 3 nitrogen and oxygen atoms in total. The van der Waals surface area contributed by atoms with Gasteiger partial charge in [-0.05, 0) is 36.2 Å². The summed E-state index contributed by atoms with van der Waals surface area (Å²) in [5.41, 5.74) is 4.14. The molecule has 3 rings (SSSR count). The second-order valence-electron chi connectivity index (χ2n) is 7.57. The van der Waals surface area contributed by atoms with Crippen molar-refractivity contribution in [2.24, 2.45) is 4.99 Å². The van der Waals surface area contributed by atoms with E-state index in [0.29, 0.717) is 23.6 Å². The Bertz CT molecular complexity index is 1020. The van der Waals surface area contributed by atoms with E-state index in [0.717, 1.165) is 16.7 Å². The molecule has 3 heteroatoms. The summed E-state index contributed by atoms with van der Waals surface area (Å²) in [4.78, 5) is 4.58. The minimum absolute atomic E-state index is 0.248. The summed E-state index contributed by atoms with van der Waals surface area (Å²) in [5.74, 6) is 0.929. The van der Waals surface area contributed by atoms with Gasteiger partial charge in [0.05, 0.1) is 0 Å². The number of phenols is 1.